The molecule has 2 aliphatic heterocycles. The molecule has 2 aromatic rings. The van der Waals surface area contributed by atoms with Crippen molar-refractivity contribution in [3.05, 3.63) is 39.9 Å². The third-order valence-electron chi connectivity index (χ3n) is 4.73. The lowest BCUT2D eigenvalue weighted by atomic mass is 9.86. The van der Waals surface area contributed by atoms with Crippen LogP contribution in [0, 0.1) is 4.91 Å². The number of nitrogen functional groups attached to an aromatic ring is 1. The zero-order valence-electron chi connectivity index (χ0n) is 15.5. The Morgan fingerprint density at radius 3 is 2.87 bits per heavy atom. The number of hydrogen-bond donors (Lipinski definition) is 3. The SMILES string of the molecule is Nc1nc(C(N=O)C(=O)N[C@@H]2C(=O)N3C(C(=O)O)=C(Sc4ccncn4)CCC23)ns1. The number of thioether (sulfide) groups is 1. The van der Waals surface area contributed by atoms with E-state index in [9.17, 15) is 24.4 Å². The molecule has 2 aromatic heterocycles. The van der Waals surface area contributed by atoms with E-state index in [1.807, 2.05) is 0 Å². The number of carboxylic acids is 1. The fourth-order valence-corrected chi connectivity index (χ4v) is 4.84. The Bertz CT molecular complexity index is 1090. The third-order valence-corrected chi connectivity index (χ3v) is 6.38. The number of anilines is 1. The maximum Gasteiger partial charge on any atom is 0.353 e. The van der Waals surface area contributed by atoms with E-state index in [4.69, 9.17) is 5.73 Å². The lowest BCUT2D eigenvalue weighted by Crippen LogP contribution is -2.71. The second-order valence-corrected chi connectivity index (χ2v) is 8.42. The predicted molar refractivity (Wildman–Crippen MR) is 107 cm³/mol. The number of carboxylic acid groups (broad SMARTS) is 1. The average Bonchev–Trinajstić information content (AvgIpc) is 3.18. The number of allylic oxidation sites excluding steroid dienone is 1. The van der Waals surface area contributed by atoms with Gasteiger partial charge in [-0.1, -0.05) is 11.8 Å². The van der Waals surface area contributed by atoms with E-state index in [0.717, 1.165) is 28.2 Å². The monoisotopic (exact) mass is 462 g/mol. The lowest BCUT2D eigenvalue weighted by Gasteiger charge is -2.50. The summed E-state index contributed by atoms with van der Waals surface area (Å²) >= 11 is 1.96. The Kier molecular flexibility index (Phi) is 5.60. The van der Waals surface area contributed by atoms with E-state index in [0.29, 0.717) is 22.8 Å². The summed E-state index contributed by atoms with van der Waals surface area (Å²) in [6.07, 6.45) is 3.67. The molecule has 4 heterocycles. The van der Waals surface area contributed by atoms with Crippen LogP contribution in [0.5, 0.6) is 0 Å². The molecule has 3 atom stereocenters. The minimum absolute atomic E-state index is 0.0691. The van der Waals surface area contributed by atoms with Crippen LogP contribution in [-0.4, -0.2) is 59.2 Å². The summed E-state index contributed by atoms with van der Waals surface area (Å²) < 4.78 is 3.80. The van der Waals surface area contributed by atoms with Gasteiger partial charge in [-0.15, -0.1) is 4.91 Å². The number of fused-ring (bicyclic) bond motifs is 1. The maximum absolute atomic E-state index is 12.7. The van der Waals surface area contributed by atoms with Crippen LogP contribution in [0.2, 0.25) is 0 Å². The second-order valence-electron chi connectivity index (χ2n) is 6.53. The molecular formula is C16H14N8O5S2. The Hall–Kier alpha value is -3.46. The van der Waals surface area contributed by atoms with Gasteiger partial charge in [0.2, 0.25) is 6.04 Å². The van der Waals surface area contributed by atoms with Gasteiger partial charge >= 0.3 is 5.97 Å². The summed E-state index contributed by atoms with van der Waals surface area (Å²) in [5.41, 5.74) is 5.33. The van der Waals surface area contributed by atoms with Gasteiger partial charge in [0.05, 0.1) is 6.04 Å². The Morgan fingerprint density at radius 2 is 2.26 bits per heavy atom. The number of carbonyl (C=O) groups is 3. The van der Waals surface area contributed by atoms with Crippen molar-refractivity contribution in [3.63, 3.8) is 0 Å². The number of aliphatic carboxylic acids is 1. The summed E-state index contributed by atoms with van der Waals surface area (Å²) in [5, 5.41) is 15.5. The van der Waals surface area contributed by atoms with E-state index in [2.05, 4.69) is 29.8 Å². The van der Waals surface area contributed by atoms with Crippen LogP contribution < -0.4 is 11.1 Å². The minimum atomic E-state index is -1.56. The van der Waals surface area contributed by atoms with Crippen LogP contribution in [0.1, 0.15) is 24.7 Å². The highest BCUT2D eigenvalue weighted by Crippen LogP contribution is 2.42. The molecular weight excluding hydrogens is 448 g/mol. The van der Waals surface area contributed by atoms with Crippen LogP contribution in [-0.2, 0) is 14.4 Å². The first-order valence-corrected chi connectivity index (χ1v) is 10.4. The van der Waals surface area contributed by atoms with Crippen molar-refractivity contribution in [2.45, 2.75) is 36.0 Å². The highest BCUT2D eigenvalue weighted by molar-refractivity contribution is 8.03. The summed E-state index contributed by atoms with van der Waals surface area (Å²) in [4.78, 5) is 61.5. The topological polar surface area (TPSA) is 194 Å². The van der Waals surface area contributed by atoms with E-state index >= 15 is 0 Å². The van der Waals surface area contributed by atoms with Crippen LogP contribution >= 0.6 is 23.3 Å². The number of carbonyl (C=O) groups excluding carboxylic acids is 2. The standard InChI is InChI=1S/C16H14N8O5S2/c17-16-21-12(23-31-16)10(22-29)13(25)20-9-6-1-2-7(30-8-3-4-18-5-19-8)11(15(27)28)24(6)14(9)26/h3-6,9-10H,1-2H2,(H,20,25)(H,27,28)(H2,17,21,23)/t6?,9-,10?/m0/s1. The number of β-lactam (4-membered cyclic amide) rings is 1. The molecule has 4 N–H and O–H groups in total. The molecule has 13 nitrogen and oxygen atoms in total. The summed E-state index contributed by atoms with van der Waals surface area (Å²) in [7, 11) is 0. The van der Waals surface area contributed by atoms with Crippen LogP contribution in [0.15, 0.2) is 39.4 Å². The van der Waals surface area contributed by atoms with Crippen LogP contribution in [0.25, 0.3) is 0 Å². The molecule has 0 spiro atoms. The zero-order chi connectivity index (χ0) is 22.1. The van der Waals surface area contributed by atoms with Crippen molar-refractivity contribution in [1.82, 2.24) is 29.5 Å². The number of nitrogens with one attached hydrogen (secondary N) is 1. The van der Waals surface area contributed by atoms with Gasteiger partial charge in [0.25, 0.3) is 11.8 Å². The van der Waals surface area contributed by atoms with Gasteiger partial charge < -0.3 is 16.2 Å². The molecule has 4 rings (SSSR count). The normalized spacial score (nSPS) is 21.2. The van der Waals surface area contributed by atoms with E-state index in [1.165, 1.54) is 12.5 Å². The first kappa shape index (κ1) is 20.8. The first-order valence-electron chi connectivity index (χ1n) is 8.86. The van der Waals surface area contributed by atoms with Gasteiger partial charge in [0.15, 0.2) is 11.0 Å². The zero-order valence-corrected chi connectivity index (χ0v) is 17.2. The molecule has 0 bridgehead atoms. The molecule has 1 fully saturated rings. The van der Waals surface area contributed by atoms with Gasteiger partial charge in [0, 0.05) is 22.6 Å². The highest BCUT2D eigenvalue weighted by atomic mass is 32.2. The number of amides is 2. The van der Waals surface area contributed by atoms with Crippen molar-refractivity contribution in [1.29, 1.82) is 0 Å². The average molecular weight is 462 g/mol. The summed E-state index contributed by atoms with van der Waals surface area (Å²) in [5.74, 6) is -2.86. The number of nitroso groups, excluding NO2 is 1. The number of nitrogens with two attached hydrogens (primary N) is 1. The van der Waals surface area contributed by atoms with Crippen molar-refractivity contribution >= 4 is 46.2 Å². The predicted octanol–water partition coefficient (Wildman–Crippen LogP) is 0.296. The number of aromatic nitrogens is 4. The fourth-order valence-electron chi connectivity index (χ4n) is 3.40. The van der Waals surface area contributed by atoms with Crippen LogP contribution in [0.4, 0.5) is 5.13 Å². The molecule has 2 aliphatic rings. The fraction of sp³-hybridized carbons (Fsp3) is 0.312. The largest absolute Gasteiger partial charge is 0.477 e. The summed E-state index contributed by atoms with van der Waals surface area (Å²) in [6, 6.07) is -1.46. The lowest BCUT2D eigenvalue weighted by molar-refractivity contribution is -0.156. The van der Waals surface area contributed by atoms with Crippen molar-refractivity contribution < 1.29 is 19.5 Å². The molecule has 31 heavy (non-hydrogen) atoms. The Morgan fingerprint density at radius 1 is 1.45 bits per heavy atom. The van der Waals surface area contributed by atoms with Gasteiger partial charge in [0.1, 0.15) is 23.1 Å². The van der Waals surface area contributed by atoms with Crippen molar-refractivity contribution in [3.8, 4) is 0 Å². The van der Waals surface area contributed by atoms with Crippen LogP contribution in [0.3, 0.4) is 0 Å². The quantitative estimate of drug-likeness (QED) is 0.291. The van der Waals surface area contributed by atoms with E-state index in [1.54, 1.807) is 6.07 Å². The molecule has 0 aromatic carbocycles. The smallest absolute Gasteiger partial charge is 0.353 e. The molecule has 160 valence electrons. The Balaban J connectivity index is 1.51. The molecule has 2 amide bonds. The van der Waals surface area contributed by atoms with Gasteiger partial charge in [-0.3, -0.25) is 14.5 Å². The molecule has 2 unspecified atom stereocenters. The molecule has 1 saturated heterocycles. The molecule has 0 radical (unpaired) electrons. The number of nitrogens with zero attached hydrogens (tertiary/aromatic N) is 6. The summed E-state index contributed by atoms with van der Waals surface area (Å²) in [6.45, 7) is 0. The minimum Gasteiger partial charge on any atom is -0.477 e. The number of rotatable bonds is 7. The van der Waals surface area contributed by atoms with Gasteiger partial charge in [-0.2, -0.15) is 4.37 Å². The maximum atomic E-state index is 12.7. The second kappa shape index (κ2) is 8.35. The van der Waals surface area contributed by atoms with E-state index in [-0.39, 0.29) is 16.7 Å². The van der Waals surface area contributed by atoms with Crippen molar-refractivity contribution in [2.75, 3.05) is 5.73 Å². The first-order chi connectivity index (χ1) is 14.9. The molecule has 0 saturated carbocycles. The van der Waals surface area contributed by atoms with E-state index < -0.39 is 35.9 Å². The van der Waals surface area contributed by atoms with Gasteiger partial charge in [-0.25, -0.2) is 19.7 Å². The van der Waals surface area contributed by atoms with Crippen molar-refractivity contribution in [2.24, 2.45) is 5.18 Å². The number of hydrogen-bond acceptors (Lipinski definition) is 12. The highest BCUT2D eigenvalue weighted by Gasteiger charge is 2.54. The Labute approximate surface area is 182 Å². The molecule has 0 aliphatic carbocycles. The molecule has 15 heteroatoms. The van der Waals surface area contributed by atoms with Gasteiger partial charge in [-0.05, 0) is 24.1 Å². The third kappa shape index (κ3) is 3.84.